The van der Waals surface area contributed by atoms with Gasteiger partial charge < -0.3 is 15.4 Å². The summed E-state index contributed by atoms with van der Waals surface area (Å²) in [7, 11) is 1.55. The molecule has 8 nitrogen and oxygen atoms in total. The summed E-state index contributed by atoms with van der Waals surface area (Å²) in [6.07, 6.45) is 0. The van der Waals surface area contributed by atoms with Crippen LogP contribution in [0.25, 0.3) is 0 Å². The molecule has 1 aliphatic heterocycles. The maximum absolute atomic E-state index is 12.5. The third-order valence-electron chi connectivity index (χ3n) is 4.77. The summed E-state index contributed by atoms with van der Waals surface area (Å²) in [4.78, 5) is 36.1. The molecule has 0 radical (unpaired) electrons. The van der Waals surface area contributed by atoms with Gasteiger partial charge in [0.15, 0.2) is 5.78 Å². The molecule has 0 aromatic heterocycles. The van der Waals surface area contributed by atoms with Crippen LogP contribution in [0, 0.1) is 17.2 Å². The van der Waals surface area contributed by atoms with Gasteiger partial charge >= 0.3 is 0 Å². The van der Waals surface area contributed by atoms with Gasteiger partial charge in [-0.15, -0.1) is 11.8 Å². The van der Waals surface area contributed by atoms with Gasteiger partial charge in [0.05, 0.1) is 25.0 Å². The molecule has 1 aliphatic rings. The van der Waals surface area contributed by atoms with Crippen molar-refractivity contribution in [2.24, 2.45) is 5.92 Å². The Balaban J connectivity index is 1.62. The van der Waals surface area contributed by atoms with Crippen molar-refractivity contribution in [1.82, 2.24) is 10.6 Å². The first-order chi connectivity index (χ1) is 14.9. The number of nitriles is 1. The first kappa shape index (κ1) is 22.3. The molecule has 31 heavy (non-hydrogen) atoms. The van der Waals surface area contributed by atoms with Crippen LogP contribution in [0.2, 0.25) is 0 Å². The van der Waals surface area contributed by atoms with E-state index in [2.05, 4.69) is 16.0 Å². The Bertz CT molecular complexity index is 1020. The lowest BCUT2D eigenvalue weighted by atomic mass is 9.92. The van der Waals surface area contributed by atoms with Crippen molar-refractivity contribution in [1.29, 1.82) is 5.26 Å². The van der Waals surface area contributed by atoms with Crippen molar-refractivity contribution in [3.63, 3.8) is 0 Å². The molecule has 2 aromatic carbocycles. The Morgan fingerprint density at radius 2 is 1.97 bits per heavy atom. The minimum Gasteiger partial charge on any atom is -0.497 e. The monoisotopic (exact) mass is 438 g/mol. The molecule has 160 valence electrons. The molecule has 3 unspecified atom stereocenters. The number of carbonyl (C=O) groups excluding carboxylic acids is 3. The molecule has 3 N–H and O–H groups in total. The minimum atomic E-state index is -0.905. The predicted octanol–water partition coefficient (Wildman–Crippen LogP) is 2.45. The number of amides is 2. The highest BCUT2D eigenvalue weighted by atomic mass is 32.2. The van der Waals surface area contributed by atoms with Gasteiger partial charge in [-0.05, 0) is 48.9 Å². The van der Waals surface area contributed by atoms with Crippen molar-refractivity contribution in [3.05, 3.63) is 59.7 Å². The fraction of sp³-hybridized carbons (Fsp3) is 0.273. The van der Waals surface area contributed by atoms with E-state index in [0.717, 1.165) is 5.56 Å². The highest BCUT2D eigenvalue weighted by Gasteiger charge is 2.37. The summed E-state index contributed by atoms with van der Waals surface area (Å²) >= 11 is 1.21. The topological polar surface area (TPSA) is 120 Å². The number of nitrogens with zero attached hydrogens (tertiary/aromatic N) is 1. The second kappa shape index (κ2) is 10.1. The number of benzene rings is 2. The fourth-order valence-electron chi connectivity index (χ4n) is 3.16. The van der Waals surface area contributed by atoms with Gasteiger partial charge in [0, 0.05) is 11.3 Å². The number of ketones is 1. The van der Waals surface area contributed by atoms with Gasteiger partial charge in [-0.2, -0.15) is 5.26 Å². The number of hydrogen-bond acceptors (Lipinski definition) is 7. The van der Waals surface area contributed by atoms with Crippen molar-refractivity contribution in [2.45, 2.75) is 18.5 Å². The Kier molecular flexibility index (Phi) is 7.28. The van der Waals surface area contributed by atoms with E-state index in [4.69, 9.17) is 4.74 Å². The number of hydrogen-bond donors (Lipinski definition) is 3. The van der Waals surface area contributed by atoms with Crippen molar-refractivity contribution in [3.8, 4) is 11.8 Å². The second-order valence-electron chi connectivity index (χ2n) is 6.91. The second-order valence-corrected chi connectivity index (χ2v) is 8.00. The van der Waals surface area contributed by atoms with Crippen LogP contribution in [0.3, 0.4) is 0 Å². The first-order valence-electron chi connectivity index (χ1n) is 9.53. The van der Waals surface area contributed by atoms with E-state index in [9.17, 15) is 19.6 Å². The number of thioether (sulfide) groups is 1. The van der Waals surface area contributed by atoms with Crippen LogP contribution in [-0.2, 0) is 9.59 Å². The fourth-order valence-corrected chi connectivity index (χ4v) is 3.99. The summed E-state index contributed by atoms with van der Waals surface area (Å²) in [5, 5.41) is 18.2. The molecule has 0 aliphatic carbocycles. The molecular formula is C22H22N4O4S. The van der Waals surface area contributed by atoms with E-state index in [-0.39, 0.29) is 17.4 Å². The van der Waals surface area contributed by atoms with Gasteiger partial charge in [-0.1, -0.05) is 12.1 Å². The quantitative estimate of drug-likeness (QED) is 0.568. The number of Topliss-reactive ketones (excluding diaryl/α,β-unsaturated/α-hetero) is 1. The maximum atomic E-state index is 12.5. The number of anilines is 1. The van der Waals surface area contributed by atoms with Crippen LogP contribution in [0.5, 0.6) is 5.75 Å². The van der Waals surface area contributed by atoms with E-state index in [1.807, 2.05) is 12.1 Å². The Morgan fingerprint density at radius 1 is 1.23 bits per heavy atom. The smallest absolute Gasteiger partial charge is 0.241 e. The van der Waals surface area contributed by atoms with E-state index < -0.39 is 23.4 Å². The number of nitrogens with one attached hydrogen (secondary N) is 3. The lowest BCUT2D eigenvalue weighted by molar-refractivity contribution is -0.126. The summed E-state index contributed by atoms with van der Waals surface area (Å²) in [5.41, 5.74) is 1.35. The molecule has 1 saturated heterocycles. The molecule has 0 spiro atoms. The Labute approximate surface area is 184 Å². The number of ether oxygens (including phenoxy) is 1. The summed E-state index contributed by atoms with van der Waals surface area (Å²) < 4.78 is 5.24. The van der Waals surface area contributed by atoms with Crippen LogP contribution >= 0.6 is 11.8 Å². The van der Waals surface area contributed by atoms with Crippen LogP contribution in [0.1, 0.15) is 28.9 Å². The lowest BCUT2D eigenvalue weighted by Crippen LogP contribution is -2.56. The summed E-state index contributed by atoms with van der Waals surface area (Å²) in [5.74, 6) is -0.898. The Hall–Kier alpha value is -3.35. The van der Waals surface area contributed by atoms with Gasteiger partial charge in [-0.3, -0.25) is 19.7 Å². The number of rotatable bonds is 7. The maximum Gasteiger partial charge on any atom is 0.241 e. The first-order valence-corrected chi connectivity index (χ1v) is 10.6. The van der Waals surface area contributed by atoms with Crippen LogP contribution in [0.4, 0.5) is 5.69 Å². The molecule has 2 amide bonds. The van der Waals surface area contributed by atoms with E-state index in [1.165, 1.54) is 18.7 Å². The molecule has 9 heteroatoms. The largest absolute Gasteiger partial charge is 0.497 e. The Morgan fingerprint density at radius 3 is 2.61 bits per heavy atom. The minimum absolute atomic E-state index is 0.0474. The number of carbonyl (C=O) groups is 3. The number of methoxy groups -OCH3 is 1. The summed E-state index contributed by atoms with van der Waals surface area (Å²) in [6, 6.07) is 15.3. The van der Waals surface area contributed by atoms with Gasteiger partial charge in [0.25, 0.3) is 0 Å². The third-order valence-corrected chi connectivity index (χ3v) is 5.78. The zero-order valence-electron chi connectivity index (χ0n) is 17.0. The van der Waals surface area contributed by atoms with Gasteiger partial charge in [0.1, 0.15) is 17.2 Å². The molecule has 1 fully saturated rings. The van der Waals surface area contributed by atoms with E-state index in [1.54, 1.807) is 49.6 Å². The van der Waals surface area contributed by atoms with E-state index in [0.29, 0.717) is 17.0 Å². The molecular weight excluding hydrogens is 416 g/mol. The zero-order valence-corrected chi connectivity index (χ0v) is 17.9. The molecule has 0 saturated carbocycles. The highest BCUT2D eigenvalue weighted by molar-refractivity contribution is 8.00. The van der Waals surface area contributed by atoms with Crippen LogP contribution in [0.15, 0.2) is 48.5 Å². The highest BCUT2D eigenvalue weighted by Crippen LogP contribution is 2.30. The molecule has 3 atom stereocenters. The van der Waals surface area contributed by atoms with E-state index >= 15 is 0 Å². The lowest BCUT2D eigenvalue weighted by Gasteiger charge is -2.34. The van der Waals surface area contributed by atoms with Gasteiger partial charge in [-0.25, -0.2) is 0 Å². The molecule has 3 rings (SSSR count). The SMILES string of the molecule is COc1cccc(C2NC(SCC(=O)Nc3ccc(C(C)=O)cc3)NC(=O)C2C#N)c1. The zero-order chi connectivity index (χ0) is 22.4. The summed E-state index contributed by atoms with van der Waals surface area (Å²) in [6.45, 7) is 1.48. The normalized spacial score (nSPS) is 20.3. The van der Waals surface area contributed by atoms with Crippen LogP contribution < -0.4 is 20.7 Å². The molecule has 1 heterocycles. The van der Waals surface area contributed by atoms with Crippen molar-refractivity contribution < 1.29 is 19.1 Å². The van der Waals surface area contributed by atoms with Crippen LogP contribution in [-0.4, -0.2) is 36.0 Å². The van der Waals surface area contributed by atoms with Crippen molar-refractivity contribution in [2.75, 3.05) is 18.2 Å². The average molecular weight is 439 g/mol. The third kappa shape index (κ3) is 5.63. The molecule has 0 bridgehead atoms. The average Bonchev–Trinajstić information content (AvgIpc) is 2.77. The molecule has 2 aromatic rings. The standard InChI is InChI=1S/C22H22N4O4S/c1-13(27)14-6-8-16(9-7-14)24-19(28)12-31-22-25-20(18(11-23)21(29)26-22)15-4-3-5-17(10-15)30-2/h3-10,18,20,22,25H,12H2,1-2H3,(H,24,28)(H,26,29). The van der Waals surface area contributed by atoms with Crippen molar-refractivity contribution >= 4 is 35.0 Å². The van der Waals surface area contributed by atoms with Gasteiger partial charge in [0.2, 0.25) is 11.8 Å². The predicted molar refractivity (Wildman–Crippen MR) is 117 cm³/mol.